The number of rotatable bonds is 5. The van der Waals surface area contributed by atoms with Crippen LogP contribution in [0, 0.1) is 5.41 Å². The molecule has 11 heteroatoms. The van der Waals surface area contributed by atoms with E-state index in [4.69, 9.17) is 9.47 Å². The number of piperazine rings is 1. The highest BCUT2D eigenvalue weighted by Crippen LogP contribution is 2.49. The van der Waals surface area contributed by atoms with Crippen LogP contribution in [0.15, 0.2) is 71.8 Å². The van der Waals surface area contributed by atoms with Crippen molar-refractivity contribution in [2.45, 2.75) is 32.5 Å². The minimum absolute atomic E-state index is 0.0788. The van der Waals surface area contributed by atoms with Gasteiger partial charge in [-0.1, -0.05) is 0 Å². The molecule has 0 aromatic heterocycles. The predicted molar refractivity (Wildman–Crippen MR) is 157 cm³/mol. The van der Waals surface area contributed by atoms with Gasteiger partial charge >= 0.3 is 12.1 Å². The molecule has 3 aliphatic heterocycles. The summed E-state index contributed by atoms with van der Waals surface area (Å²) in [5.41, 5.74) is 1.50. The average molecular weight is 593 g/mol. The van der Waals surface area contributed by atoms with Gasteiger partial charge < -0.3 is 19.3 Å². The maximum absolute atomic E-state index is 14.5. The molecule has 0 saturated carbocycles. The number of halogens is 3. The third-order valence-electron chi connectivity index (χ3n) is 8.66. The first-order valence-electron chi connectivity index (χ1n) is 14.1. The molecule has 3 heterocycles. The van der Waals surface area contributed by atoms with E-state index in [0.717, 1.165) is 17.5 Å². The fourth-order valence-corrected chi connectivity index (χ4v) is 6.47. The maximum Gasteiger partial charge on any atom is 0.416 e. The molecule has 1 amide bonds. The van der Waals surface area contributed by atoms with Gasteiger partial charge in [0.25, 0.3) is 5.91 Å². The molecule has 0 unspecified atom stereocenters. The normalized spacial score (nSPS) is 21.4. The van der Waals surface area contributed by atoms with Crippen LogP contribution in [0.4, 0.5) is 30.2 Å². The Labute approximate surface area is 247 Å². The summed E-state index contributed by atoms with van der Waals surface area (Å²) in [6.45, 7) is 5.31. The summed E-state index contributed by atoms with van der Waals surface area (Å²) >= 11 is 0. The van der Waals surface area contributed by atoms with Crippen LogP contribution in [0.5, 0.6) is 5.75 Å². The number of alkyl halides is 3. The van der Waals surface area contributed by atoms with E-state index in [1.165, 1.54) is 17.1 Å². The number of ether oxygens (including phenoxy) is 2. The number of methoxy groups -OCH3 is 1. The molecule has 0 bridgehead atoms. The van der Waals surface area contributed by atoms with Gasteiger partial charge in [-0.25, -0.2) is 4.79 Å². The van der Waals surface area contributed by atoms with Crippen molar-refractivity contribution in [3.63, 3.8) is 0 Å². The van der Waals surface area contributed by atoms with Crippen LogP contribution in [0.25, 0.3) is 0 Å². The van der Waals surface area contributed by atoms with Gasteiger partial charge in [0.05, 0.1) is 42.3 Å². The van der Waals surface area contributed by atoms with Crippen LogP contribution in [0.1, 0.15) is 35.3 Å². The number of benzene rings is 3. The van der Waals surface area contributed by atoms with Crippen LogP contribution in [-0.4, -0.2) is 57.0 Å². The van der Waals surface area contributed by atoms with Crippen molar-refractivity contribution >= 4 is 34.7 Å². The highest BCUT2D eigenvalue weighted by molar-refractivity contribution is 6.20. The number of hydrazone groups is 1. The number of fused-ring (bicyclic) bond motifs is 4. The van der Waals surface area contributed by atoms with Gasteiger partial charge in [0, 0.05) is 31.0 Å². The van der Waals surface area contributed by atoms with Crippen molar-refractivity contribution < 1.29 is 32.2 Å². The summed E-state index contributed by atoms with van der Waals surface area (Å²) in [6.07, 6.45) is -4.43. The zero-order chi connectivity index (χ0) is 30.5. The quantitative estimate of drug-likeness (QED) is 0.362. The highest BCUT2D eigenvalue weighted by atomic mass is 19.4. The summed E-state index contributed by atoms with van der Waals surface area (Å²) in [7, 11) is 1.60. The molecule has 1 spiro atoms. The van der Waals surface area contributed by atoms with Gasteiger partial charge in [0.2, 0.25) is 0 Å². The van der Waals surface area contributed by atoms with Gasteiger partial charge in [-0.3, -0.25) is 4.79 Å². The third-order valence-corrected chi connectivity index (χ3v) is 8.66. The van der Waals surface area contributed by atoms with E-state index < -0.39 is 29.2 Å². The van der Waals surface area contributed by atoms with Crippen LogP contribution in [-0.2, 0) is 22.1 Å². The molecule has 0 aliphatic carbocycles. The monoisotopic (exact) mass is 592 g/mol. The van der Waals surface area contributed by atoms with Crippen LogP contribution >= 0.6 is 0 Å². The Hall–Kier alpha value is -4.54. The highest BCUT2D eigenvalue weighted by Gasteiger charge is 2.60. The molecule has 43 heavy (non-hydrogen) atoms. The molecule has 1 fully saturated rings. The van der Waals surface area contributed by atoms with E-state index in [1.54, 1.807) is 45.2 Å². The minimum atomic E-state index is -4.51. The van der Waals surface area contributed by atoms with Crippen molar-refractivity contribution in [1.82, 2.24) is 0 Å². The molecular formula is C32H31F3N4O4. The van der Waals surface area contributed by atoms with E-state index in [1.807, 2.05) is 24.3 Å². The molecule has 1 saturated heterocycles. The summed E-state index contributed by atoms with van der Waals surface area (Å²) < 4.78 is 51.7. The second kappa shape index (κ2) is 10.6. The topological polar surface area (TPSA) is 74.7 Å². The first kappa shape index (κ1) is 28.6. The summed E-state index contributed by atoms with van der Waals surface area (Å²) in [4.78, 5) is 30.9. The number of esters is 1. The number of anilines is 3. The zero-order valence-electron chi connectivity index (χ0n) is 24.0. The summed E-state index contributed by atoms with van der Waals surface area (Å²) in [5.74, 6) is -0.0632. The Bertz CT molecular complexity index is 1590. The Morgan fingerprint density at radius 1 is 1.02 bits per heavy atom. The molecular weight excluding hydrogens is 561 g/mol. The third kappa shape index (κ3) is 4.76. The van der Waals surface area contributed by atoms with Crippen molar-refractivity contribution in [1.29, 1.82) is 0 Å². The molecule has 3 aromatic rings. The Morgan fingerprint density at radius 2 is 1.72 bits per heavy atom. The first-order valence-corrected chi connectivity index (χ1v) is 14.1. The number of amides is 1. The smallest absolute Gasteiger partial charge is 0.416 e. The predicted octanol–water partition coefficient (Wildman–Crippen LogP) is 5.55. The van der Waals surface area contributed by atoms with Gasteiger partial charge in [-0.05, 0) is 92.6 Å². The van der Waals surface area contributed by atoms with Crippen molar-refractivity contribution in [3.8, 4) is 5.75 Å². The number of hydrogen-bond donors (Lipinski definition) is 0. The number of carbonyl (C=O) groups excluding carboxylic acids is 2. The van der Waals surface area contributed by atoms with Gasteiger partial charge in [-0.2, -0.15) is 23.3 Å². The molecule has 0 radical (unpaired) electrons. The van der Waals surface area contributed by atoms with E-state index in [-0.39, 0.29) is 18.9 Å². The second-order valence-corrected chi connectivity index (χ2v) is 10.9. The Kier molecular flexibility index (Phi) is 7.06. The lowest BCUT2D eigenvalue weighted by atomic mass is 9.67. The zero-order valence-corrected chi connectivity index (χ0v) is 24.0. The lowest BCUT2D eigenvalue weighted by molar-refractivity contribution is -0.137. The van der Waals surface area contributed by atoms with Gasteiger partial charge in [0.15, 0.2) is 0 Å². The minimum Gasteiger partial charge on any atom is -0.497 e. The van der Waals surface area contributed by atoms with Gasteiger partial charge in [-0.15, -0.1) is 0 Å². The SMILES string of the molecule is CCOC(=O)c1ccc(N2N=C(C)[C@@]3(Cc4cc(C(F)(F)F)ccc4N4CCN(c5ccc(OC)cc5)C[C@H]43)C2=O)cc1. The lowest BCUT2D eigenvalue weighted by Gasteiger charge is -2.53. The number of hydrogen-bond acceptors (Lipinski definition) is 7. The summed E-state index contributed by atoms with van der Waals surface area (Å²) in [5, 5.41) is 6.00. The molecule has 0 N–H and O–H groups in total. The molecule has 3 aromatic carbocycles. The van der Waals surface area contributed by atoms with Crippen LogP contribution in [0.2, 0.25) is 0 Å². The van der Waals surface area contributed by atoms with Crippen molar-refractivity contribution in [2.24, 2.45) is 10.5 Å². The van der Waals surface area contributed by atoms with Crippen molar-refractivity contribution in [3.05, 3.63) is 83.4 Å². The van der Waals surface area contributed by atoms with Gasteiger partial charge in [0.1, 0.15) is 11.2 Å². The summed E-state index contributed by atoms with van der Waals surface area (Å²) in [6, 6.07) is 17.5. The average Bonchev–Trinajstić information content (AvgIpc) is 3.26. The molecule has 3 aliphatic rings. The standard InChI is InChI=1S/C32H31F3N4O4/c1-4-43-29(40)21-5-8-25(9-6-21)39-30(41)31(20(2)36-39)18-22-17-23(32(33,34)35)7-14-27(22)38-16-15-37(19-28(31)38)24-10-12-26(42-3)13-11-24/h5-14,17,28H,4,15-16,18-19H2,1-3H3/t28-,31+/m0/s1. The maximum atomic E-state index is 14.5. The second-order valence-electron chi connectivity index (χ2n) is 10.9. The lowest BCUT2D eigenvalue weighted by Crippen LogP contribution is -2.67. The fraction of sp³-hybridized carbons (Fsp3) is 0.344. The van der Waals surface area contributed by atoms with Crippen molar-refractivity contribution in [2.75, 3.05) is 48.2 Å². The molecule has 2 atom stereocenters. The van der Waals surface area contributed by atoms with Crippen LogP contribution < -0.4 is 19.5 Å². The Balaban J connectivity index is 1.40. The van der Waals surface area contributed by atoms with E-state index in [2.05, 4.69) is 14.9 Å². The number of carbonyl (C=O) groups is 2. The van der Waals surface area contributed by atoms with E-state index in [0.29, 0.717) is 47.8 Å². The molecule has 8 nitrogen and oxygen atoms in total. The van der Waals surface area contributed by atoms with Crippen LogP contribution in [0.3, 0.4) is 0 Å². The first-order chi connectivity index (χ1) is 20.6. The largest absolute Gasteiger partial charge is 0.497 e. The Morgan fingerprint density at radius 3 is 2.37 bits per heavy atom. The fourth-order valence-electron chi connectivity index (χ4n) is 6.47. The molecule has 6 rings (SSSR count). The van der Waals surface area contributed by atoms with E-state index in [9.17, 15) is 22.8 Å². The van der Waals surface area contributed by atoms with E-state index >= 15 is 0 Å². The molecule has 224 valence electrons. The number of nitrogens with zero attached hydrogens (tertiary/aromatic N) is 4.